The van der Waals surface area contributed by atoms with Gasteiger partial charge in [0.2, 0.25) is 5.91 Å². The zero-order valence-electron chi connectivity index (χ0n) is 20.0. The Morgan fingerprint density at radius 3 is 2.11 bits per heavy atom. The zero-order valence-corrected chi connectivity index (χ0v) is 20.8. The lowest BCUT2D eigenvalue weighted by atomic mass is 10.1. The van der Waals surface area contributed by atoms with Crippen LogP contribution >= 0.6 is 11.8 Å². The normalized spacial score (nSPS) is 11.4. The van der Waals surface area contributed by atoms with Crippen molar-refractivity contribution in [1.82, 2.24) is 0 Å². The van der Waals surface area contributed by atoms with Crippen molar-refractivity contribution in [3.05, 3.63) is 125 Å². The summed E-state index contributed by atoms with van der Waals surface area (Å²) >= 11 is 1.40. The largest absolute Gasteiger partial charge is 0.325 e. The quantitative estimate of drug-likeness (QED) is 0.206. The number of Topliss-reactive ketones (excluding diaryl/α,β-unsaturated/α-hetero) is 1. The van der Waals surface area contributed by atoms with E-state index in [0.717, 1.165) is 16.0 Å². The minimum atomic E-state index is -0.526. The molecule has 0 aliphatic carbocycles. The Kier molecular flexibility index (Phi) is 7.98. The fourth-order valence-electron chi connectivity index (χ4n) is 3.67. The molecule has 1 atom stereocenters. The second-order valence-electron chi connectivity index (χ2n) is 8.38. The number of amides is 2. The third-order valence-electron chi connectivity index (χ3n) is 5.53. The Bertz CT molecular complexity index is 1380. The minimum Gasteiger partial charge on any atom is -0.325 e. The second-order valence-corrected chi connectivity index (χ2v) is 9.56. The van der Waals surface area contributed by atoms with Crippen molar-refractivity contribution < 1.29 is 14.4 Å². The van der Waals surface area contributed by atoms with Crippen molar-refractivity contribution in [3.63, 3.8) is 0 Å². The lowest BCUT2D eigenvalue weighted by molar-refractivity contribution is -0.115. The van der Waals surface area contributed by atoms with E-state index in [9.17, 15) is 14.4 Å². The van der Waals surface area contributed by atoms with Gasteiger partial charge in [0.25, 0.3) is 5.91 Å². The molecule has 0 aromatic heterocycles. The predicted molar refractivity (Wildman–Crippen MR) is 146 cm³/mol. The summed E-state index contributed by atoms with van der Waals surface area (Å²) in [6.45, 7) is 3.45. The molecule has 0 heterocycles. The molecule has 0 aliphatic rings. The van der Waals surface area contributed by atoms with Crippen LogP contribution in [0.3, 0.4) is 0 Å². The Labute approximate surface area is 214 Å². The van der Waals surface area contributed by atoms with Crippen LogP contribution in [0.1, 0.15) is 44.0 Å². The van der Waals surface area contributed by atoms with E-state index in [1.807, 2.05) is 79.7 Å². The highest BCUT2D eigenvalue weighted by atomic mass is 32.2. The summed E-state index contributed by atoms with van der Waals surface area (Å²) in [6.07, 6.45) is 0. The number of benzene rings is 4. The van der Waals surface area contributed by atoms with Crippen LogP contribution < -0.4 is 10.6 Å². The molecule has 180 valence electrons. The highest BCUT2D eigenvalue weighted by molar-refractivity contribution is 8.00. The maximum Gasteiger partial charge on any atom is 0.255 e. The summed E-state index contributed by atoms with van der Waals surface area (Å²) in [4.78, 5) is 38.4. The Morgan fingerprint density at radius 1 is 0.694 bits per heavy atom. The van der Waals surface area contributed by atoms with Crippen LogP contribution in [-0.4, -0.2) is 17.6 Å². The Hall–Kier alpha value is -4.16. The first-order valence-electron chi connectivity index (χ1n) is 11.5. The summed E-state index contributed by atoms with van der Waals surface area (Å²) in [7, 11) is 0. The van der Waals surface area contributed by atoms with E-state index < -0.39 is 5.25 Å². The lowest BCUT2D eigenvalue weighted by Gasteiger charge is -2.18. The number of nitrogens with one attached hydrogen (secondary N) is 2. The Morgan fingerprint density at radius 2 is 1.42 bits per heavy atom. The van der Waals surface area contributed by atoms with E-state index in [4.69, 9.17) is 0 Å². The predicted octanol–water partition coefficient (Wildman–Crippen LogP) is 6.92. The van der Waals surface area contributed by atoms with E-state index in [0.29, 0.717) is 22.5 Å². The van der Waals surface area contributed by atoms with Crippen molar-refractivity contribution in [3.8, 4) is 0 Å². The topological polar surface area (TPSA) is 75.3 Å². The van der Waals surface area contributed by atoms with Gasteiger partial charge in [-0.3, -0.25) is 14.4 Å². The molecule has 0 aliphatic heterocycles. The molecule has 2 amide bonds. The molecule has 6 heteroatoms. The molecule has 0 spiro atoms. The van der Waals surface area contributed by atoms with Crippen molar-refractivity contribution in [1.29, 1.82) is 0 Å². The van der Waals surface area contributed by atoms with Crippen molar-refractivity contribution in [2.75, 3.05) is 10.6 Å². The standard InChI is InChI=1S/C30H26N2O3S/c1-20-8-6-11-24(18-20)29(34)32-26-12-7-13-27(19-26)36-28(23-9-4-3-5-10-23)30(35)31-25-16-14-22(15-17-25)21(2)33/h3-19,28H,1-2H3,(H,31,35)(H,32,34). The van der Waals surface area contributed by atoms with Gasteiger partial charge in [-0.2, -0.15) is 0 Å². The van der Waals surface area contributed by atoms with Gasteiger partial charge in [0.1, 0.15) is 5.25 Å². The van der Waals surface area contributed by atoms with Crippen molar-refractivity contribution >= 4 is 40.7 Å². The van der Waals surface area contributed by atoms with Gasteiger partial charge in [0, 0.05) is 27.4 Å². The van der Waals surface area contributed by atoms with Crippen LogP contribution in [0.5, 0.6) is 0 Å². The number of thioether (sulfide) groups is 1. The van der Waals surface area contributed by atoms with E-state index in [1.54, 1.807) is 30.3 Å². The van der Waals surface area contributed by atoms with Gasteiger partial charge in [0.15, 0.2) is 5.78 Å². The van der Waals surface area contributed by atoms with Crippen LogP contribution in [0.4, 0.5) is 11.4 Å². The second kappa shape index (κ2) is 11.5. The van der Waals surface area contributed by atoms with E-state index in [1.165, 1.54) is 18.7 Å². The molecule has 2 N–H and O–H groups in total. The van der Waals surface area contributed by atoms with Crippen molar-refractivity contribution in [2.45, 2.75) is 24.0 Å². The molecule has 0 saturated heterocycles. The van der Waals surface area contributed by atoms with Crippen LogP contribution in [0.25, 0.3) is 0 Å². The number of carbonyl (C=O) groups is 3. The molecule has 4 aromatic carbocycles. The van der Waals surface area contributed by atoms with Crippen molar-refractivity contribution in [2.24, 2.45) is 0 Å². The average molecular weight is 495 g/mol. The van der Waals surface area contributed by atoms with Gasteiger partial charge in [-0.25, -0.2) is 0 Å². The third kappa shape index (κ3) is 6.49. The SMILES string of the molecule is CC(=O)c1ccc(NC(=O)C(Sc2cccc(NC(=O)c3cccc(C)c3)c2)c2ccccc2)cc1. The first kappa shape index (κ1) is 24.9. The maximum atomic E-state index is 13.3. The molecule has 0 radical (unpaired) electrons. The van der Waals surface area contributed by atoms with Gasteiger partial charge in [0.05, 0.1) is 0 Å². The van der Waals surface area contributed by atoms with Crippen LogP contribution in [0.15, 0.2) is 108 Å². The molecule has 5 nitrogen and oxygen atoms in total. The number of hydrogen-bond donors (Lipinski definition) is 2. The summed E-state index contributed by atoms with van der Waals surface area (Å²) in [5.74, 6) is -0.400. The van der Waals surface area contributed by atoms with Gasteiger partial charge in [-0.1, -0.05) is 54.1 Å². The molecule has 0 fully saturated rings. The van der Waals surface area contributed by atoms with Gasteiger partial charge >= 0.3 is 0 Å². The number of aryl methyl sites for hydroxylation is 1. The van der Waals surface area contributed by atoms with Crippen LogP contribution in [0.2, 0.25) is 0 Å². The molecule has 1 unspecified atom stereocenters. The molecular weight excluding hydrogens is 468 g/mol. The molecule has 36 heavy (non-hydrogen) atoms. The molecule has 4 aromatic rings. The summed E-state index contributed by atoms with van der Waals surface area (Å²) in [5, 5.41) is 5.38. The molecular formula is C30H26N2O3S. The van der Waals surface area contributed by atoms with Crippen LogP contribution in [-0.2, 0) is 4.79 Å². The fourth-order valence-corrected chi connectivity index (χ4v) is 4.75. The number of rotatable bonds is 8. The minimum absolute atomic E-state index is 0.0278. The first-order chi connectivity index (χ1) is 17.4. The third-order valence-corrected chi connectivity index (χ3v) is 6.77. The van der Waals surface area contributed by atoms with Gasteiger partial charge < -0.3 is 10.6 Å². The highest BCUT2D eigenvalue weighted by Crippen LogP contribution is 2.37. The summed E-state index contributed by atoms with van der Waals surface area (Å²) in [6, 6.07) is 31.3. The average Bonchev–Trinajstić information content (AvgIpc) is 2.88. The number of carbonyl (C=O) groups excluding carboxylic acids is 3. The molecule has 0 bridgehead atoms. The number of hydrogen-bond acceptors (Lipinski definition) is 4. The zero-order chi connectivity index (χ0) is 25.5. The van der Waals surface area contributed by atoms with E-state index >= 15 is 0 Å². The fraction of sp³-hybridized carbons (Fsp3) is 0.100. The molecule has 4 rings (SSSR count). The number of anilines is 2. The maximum absolute atomic E-state index is 13.3. The molecule has 0 saturated carbocycles. The number of ketones is 1. The monoisotopic (exact) mass is 494 g/mol. The smallest absolute Gasteiger partial charge is 0.255 e. The Balaban J connectivity index is 1.53. The van der Waals surface area contributed by atoms with Gasteiger partial charge in [-0.05, 0) is 74.0 Å². The van der Waals surface area contributed by atoms with E-state index in [-0.39, 0.29) is 17.6 Å². The van der Waals surface area contributed by atoms with Crippen LogP contribution in [0, 0.1) is 6.92 Å². The summed E-state index contributed by atoms with van der Waals surface area (Å²) in [5.41, 5.74) is 4.32. The van der Waals surface area contributed by atoms with Gasteiger partial charge in [-0.15, -0.1) is 11.8 Å². The summed E-state index contributed by atoms with van der Waals surface area (Å²) < 4.78 is 0. The first-order valence-corrected chi connectivity index (χ1v) is 12.4. The lowest BCUT2D eigenvalue weighted by Crippen LogP contribution is -2.19. The van der Waals surface area contributed by atoms with E-state index in [2.05, 4.69) is 10.6 Å². The highest BCUT2D eigenvalue weighted by Gasteiger charge is 2.22.